The number of imidazole rings is 1. The number of hydrogen-bond acceptors (Lipinski definition) is 1. The Morgan fingerprint density at radius 3 is 2.17 bits per heavy atom. The number of aromatic nitrogens is 2. The molecule has 2 heterocycles. The molecule has 0 radical (unpaired) electrons. The Labute approximate surface area is 150 Å². The first kappa shape index (κ1) is 15.3. The van der Waals surface area contributed by atoms with Gasteiger partial charge in [0, 0.05) is 11.8 Å². The van der Waals surface area contributed by atoms with E-state index >= 15 is 0 Å². The SMILES string of the molecule is ClCc1c(-c2ccc(-c3ccccc3)cc2)nc2ccc(Cl)cn12. The number of rotatable bonds is 3. The van der Waals surface area contributed by atoms with Crippen molar-refractivity contribution in [3.63, 3.8) is 0 Å². The molecule has 4 rings (SSSR count). The predicted molar refractivity (Wildman–Crippen MR) is 101 cm³/mol. The third-order valence-electron chi connectivity index (χ3n) is 4.07. The van der Waals surface area contributed by atoms with E-state index in [0.717, 1.165) is 22.6 Å². The quantitative estimate of drug-likeness (QED) is 0.409. The van der Waals surface area contributed by atoms with Gasteiger partial charge in [-0.2, -0.15) is 0 Å². The summed E-state index contributed by atoms with van der Waals surface area (Å²) in [5.41, 5.74) is 6.11. The molecule has 0 N–H and O–H groups in total. The van der Waals surface area contributed by atoms with Crippen LogP contribution in [0.1, 0.15) is 5.69 Å². The van der Waals surface area contributed by atoms with Crippen molar-refractivity contribution in [2.45, 2.75) is 5.88 Å². The summed E-state index contributed by atoms with van der Waals surface area (Å²) < 4.78 is 1.95. The van der Waals surface area contributed by atoms with Crippen LogP contribution >= 0.6 is 23.2 Å². The van der Waals surface area contributed by atoms with Crippen LogP contribution in [0.4, 0.5) is 0 Å². The molecule has 2 nitrogen and oxygen atoms in total. The molecular weight excluding hydrogens is 339 g/mol. The summed E-state index contributed by atoms with van der Waals surface area (Å²) in [5.74, 6) is 0.372. The molecule has 0 atom stereocenters. The molecule has 0 fully saturated rings. The molecule has 0 aliphatic carbocycles. The Morgan fingerprint density at radius 2 is 1.46 bits per heavy atom. The summed E-state index contributed by atoms with van der Waals surface area (Å²) in [7, 11) is 0. The monoisotopic (exact) mass is 352 g/mol. The molecule has 0 unspecified atom stereocenters. The molecule has 0 aliphatic heterocycles. The molecule has 0 spiro atoms. The van der Waals surface area contributed by atoms with Crippen molar-refractivity contribution in [1.82, 2.24) is 9.38 Å². The minimum absolute atomic E-state index is 0.372. The van der Waals surface area contributed by atoms with Gasteiger partial charge >= 0.3 is 0 Å². The van der Waals surface area contributed by atoms with Gasteiger partial charge in [0.15, 0.2) is 0 Å². The lowest BCUT2D eigenvalue weighted by molar-refractivity contribution is 1.09. The van der Waals surface area contributed by atoms with Crippen LogP contribution in [0.25, 0.3) is 28.0 Å². The number of alkyl halides is 1. The first-order chi connectivity index (χ1) is 11.8. The van der Waals surface area contributed by atoms with E-state index in [0.29, 0.717) is 10.9 Å². The van der Waals surface area contributed by atoms with Crippen molar-refractivity contribution >= 4 is 28.8 Å². The van der Waals surface area contributed by atoms with Crippen LogP contribution in [0.15, 0.2) is 72.9 Å². The van der Waals surface area contributed by atoms with E-state index in [1.807, 2.05) is 40.9 Å². The van der Waals surface area contributed by atoms with E-state index in [-0.39, 0.29) is 0 Å². The first-order valence-electron chi connectivity index (χ1n) is 7.64. The van der Waals surface area contributed by atoms with Gasteiger partial charge in [-0.25, -0.2) is 4.98 Å². The zero-order valence-electron chi connectivity index (χ0n) is 12.8. The van der Waals surface area contributed by atoms with Gasteiger partial charge in [0.2, 0.25) is 0 Å². The fourth-order valence-corrected chi connectivity index (χ4v) is 3.29. The highest BCUT2D eigenvalue weighted by Gasteiger charge is 2.13. The summed E-state index contributed by atoms with van der Waals surface area (Å²) >= 11 is 12.3. The number of pyridine rings is 1. The van der Waals surface area contributed by atoms with Crippen molar-refractivity contribution in [3.8, 4) is 22.4 Å². The second kappa shape index (κ2) is 6.31. The van der Waals surface area contributed by atoms with Gasteiger partial charge in [-0.05, 0) is 23.3 Å². The van der Waals surface area contributed by atoms with E-state index in [2.05, 4.69) is 36.4 Å². The van der Waals surface area contributed by atoms with E-state index in [4.69, 9.17) is 28.2 Å². The molecule has 24 heavy (non-hydrogen) atoms. The highest BCUT2D eigenvalue weighted by atomic mass is 35.5. The smallest absolute Gasteiger partial charge is 0.137 e. The van der Waals surface area contributed by atoms with Crippen LogP contribution in [-0.4, -0.2) is 9.38 Å². The van der Waals surface area contributed by atoms with Crippen LogP contribution in [0.5, 0.6) is 0 Å². The third kappa shape index (κ3) is 2.68. The molecule has 2 aromatic carbocycles. The van der Waals surface area contributed by atoms with Crippen LogP contribution in [-0.2, 0) is 5.88 Å². The second-order valence-electron chi connectivity index (χ2n) is 5.56. The number of fused-ring (bicyclic) bond motifs is 1. The molecule has 2 aromatic heterocycles. The van der Waals surface area contributed by atoms with Crippen LogP contribution < -0.4 is 0 Å². The Bertz CT molecular complexity index is 990. The fourth-order valence-electron chi connectivity index (χ4n) is 2.88. The first-order valence-corrected chi connectivity index (χ1v) is 8.56. The van der Waals surface area contributed by atoms with Gasteiger partial charge < -0.3 is 4.40 Å². The number of benzene rings is 2. The van der Waals surface area contributed by atoms with Crippen LogP contribution in [0.2, 0.25) is 5.02 Å². The van der Waals surface area contributed by atoms with E-state index in [9.17, 15) is 0 Å². The Kier molecular flexibility index (Phi) is 4.01. The Morgan fingerprint density at radius 1 is 0.792 bits per heavy atom. The lowest BCUT2D eigenvalue weighted by Crippen LogP contribution is -1.91. The van der Waals surface area contributed by atoms with Crippen molar-refractivity contribution in [3.05, 3.63) is 83.6 Å². The zero-order valence-corrected chi connectivity index (χ0v) is 14.3. The van der Waals surface area contributed by atoms with Gasteiger partial charge in [-0.3, -0.25) is 0 Å². The highest BCUT2D eigenvalue weighted by Crippen LogP contribution is 2.29. The summed E-state index contributed by atoms with van der Waals surface area (Å²) in [4.78, 5) is 4.72. The van der Waals surface area contributed by atoms with Gasteiger partial charge in [-0.1, -0.05) is 66.2 Å². The summed E-state index contributed by atoms with van der Waals surface area (Å²) in [6, 6.07) is 22.4. The average Bonchev–Trinajstić information content (AvgIpc) is 3.00. The normalized spacial score (nSPS) is 11.1. The summed E-state index contributed by atoms with van der Waals surface area (Å²) in [5, 5.41) is 0.664. The van der Waals surface area contributed by atoms with Crippen molar-refractivity contribution in [2.24, 2.45) is 0 Å². The Balaban J connectivity index is 1.80. The fraction of sp³-hybridized carbons (Fsp3) is 0.0500. The van der Waals surface area contributed by atoms with Crippen molar-refractivity contribution in [2.75, 3.05) is 0 Å². The average molecular weight is 353 g/mol. The molecule has 0 bridgehead atoms. The maximum Gasteiger partial charge on any atom is 0.137 e. The van der Waals surface area contributed by atoms with Crippen molar-refractivity contribution in [1.29, 1.82) is 0 Å². The molecule has 4 heteroatoms. The maximum atomic E-state index is 6.18. The second-order valence-corrected chi connectivity index (χ2v) is 6.26. The molecule has 4 aromatic rings. The Hall–Kier alpha value is -2.29. The zero-order chi connectivity index (χ0) is 16.5. The van der Waals surface area contributed by atoms with Gasteiger partial charge in [0.25, 0.3) is 0 Å². The lowest BCUT2D eigenvalue weighted by Gasteiger charge is -2.05. The van der Waals surface area contributed by atoms with E-state index < -0.39 is 0 Å². The minimum Gasteiger partial charge on any atom is -0.301 e. The molecule has 0 amide bonds. The molecule has 0 saturated heterocycles. The highest BCUT2D eigenvalue weighted by molar-refractivity contribution is 6.30. The van der Waals surface area contributed by atoms with Gasteiger partial charge in [0.05, 0.1) is 22.3 Å². The van der Waals surface area contributed by atoms with Gasteiger partial charge in [0.1, 0.15) is 5.65 Å². The standard InChI is InChI=1S/C20H14Cl2N2/c21-12-18-20(23-19-11-10-17(22)13-24(18)19)16-8-6-15(7-9-16)14-4-2-1-3-5-14/h1-11,13H,12H2. The molecule has 118 valence electrons. The third-order valence-corrected chi connectivity index (χ3v) is 4.55. The lowest BCUT2D eigenvalue weighted by atomic mass is 10.0. The topological polar surface area (TPSA) is 17.3 Å². The van der Waals surface area contributed by atoms with Gasteiger partial charge in [-0.15, -0.1) is 11.6 Å². The maximum absolute atomic E-state index is 6.18. The molecule has 0 aliphatic rings. The number of hydrogen-bond donors (Lipinski definition) is 0. The molecular formula is C20H14Cl2N2. The van der Waals surface area contributed by atoms with Crippen LogP contribution in [0, 0.1) is 0 Å². The minimum atomic E-state index is 0.372. The van der Waals surface area contributed by atoms with E-state index in [1.54, 1.807) is 0 Å². The summed E-state index contributed by atoms with van der Waals surface area (Å²) in [6.07, 6.45) is 1.85. The predicted octanol–water partition coefficient (Wildman–Crippen LogP) is 6.06. The number of halogens is 2. The molecule has 0 saturated carbocycles. The summed E-state index contributed by atoms with van der Waals surface area (Å²) in [6.45, 7) is 0. The largest absolute Gasteiger partial charge is 0.301 e. The van der Waals surface area contributed by atoms with Crippen molar-refractivity contribution < 1.29 is 0 Å². The van der Waals surface area contributed by atoms with E-state index in [1.165, 1.54) is 11.1 Å². The number of nitrogens with zero attached hydrogens (tertiary/aromatic N) is 2. The van der Waals surface area contributed by atoms with Crippen LogP contribution in [0.3, 0.4) is 0 Å².